The van der Waals surface area contributed by atoms with Crippen LogP contribution < -0.4 is 0 Å². The van der Waals surface area contributed by atoms with Gasteiger partial charge in [0.25, 0.3) is 0 Å². The molecule has 0 aromatic heterocycles. The van der Waals surface area contributed by atoms with Gasteiger partial charge in [-0.2, -0.15) is 0 Å². The van der Waals surface area contributed by atoms with Gasteiger partial charge in [-0.25, -0.2) is 0 Å². The quantitative estimate of drug-likeness (QED) is 0.306. The number of likely N-dealkylation sites (tertiary alicyclic amines) is 1. The minimum Gasteiger partial charge on any atom is -0.332 e. The molecule has 3 atom stereocenters. The van der Waals surface area contributed by atoms with E-state index in [1.165, 1.54) is 0 Å². The van der Waals surface area contributed by atoms with Gasteiger partial charge in [-0.05, 0) is 61.9 Å². The molecule has 0 radical (unpaired) electrons. The molecule has 2 aromatic rings. The molecule has 1 aliphatic heterocycles. The summed E-state index contributed by atoms with van der Waals surface area (Å²) in [5.41, 5.74) is 1.12. The first-order valence-electron chi connectivity index (χ1n) is 10.8. The fourth-order valence-corrected chi connectivity index (χ4v) is 4.34. The largest absolute Gasteiger partial charge is 0.332 e. The average Bonchev–Trinajstić information content (AvgIpc) is 2.78. The first kappa shape index (κ1) is 25.2. The number of piperidine rings is 1. The SMILES string of the molecule is C=CCC1CCC(c2ccc(Cl)cc2)N(C(CC)CCC=O)C1=O.Clc1ccccc1. The highest BCUT2D eigenvalue weighted by Gasteiger charge is 2.38. The molecule has 3 rings (SSSR count). The third-order valence-electron chi connectivity index (χ3n) is 5.65. The number of aldehydes is 1. The van der Waals surface area contributed by atoms with Gasteiger partial charge in [0.05, 0.1) is 6.04 Å². The number of allylic oxidation sites excluding steroid dienone is 1. The molecule has 2 aromatic carbocycles. The zero-order valence-corrected chi connectivity index (χ0v) is 19.6. The molecule has 0 saturated carbocycles. The molecule has 5 heteroatoms. The summed E-state index contributed by atoms with van der Waals surface area (Å²) < 4.78 is 0. The van der Waals surface area contributed by atoms with Crippen LogP contribution in [-0.2, 0) is 9.59 Å². The van der Waals surface area contributed by atoms with E-state index >= 15 is 0 Å². The van der Waals surface area contributed by atoms with Crippen LogP contribution in [0.25, 0.3) is 0 Å². The van der Waals surface area contributed by atoms with Crippen LogP contribution in [0, 0.1) is 5.92 Å². The first-order chi connectivity index (χ1) is 15.0. The number of hydrogen-bond donors (Lipinski definition) is 0. The second-order valence-electron chi connectivity index (χ2n) is 7.71. The lowest BCUT2D eigenvalue weighted by atomic mass is 9.84. The van der Waals surface area contributed by atoms with Gasteiger partial charge in [0, 0.05) is 28.4 Å². The Bertz CT molecular complexity index is 823. The first-order valence-corrected chi connectivity index (χ1v) is 11.6. The summed E-state index contributed by atoms with van der Waals surface area (Å²) in [6, 6.07) is 17.4. The second-order valence-corrected chi connectivity index (χ2v) is 8.59. The van der Waals surface area contributed by atoms with E-state index in [2.05, 4.69) is 13.5 Å². The van der Waals surface area contributed by atoms with Crippen molar-refractivity contribution in [2.24, 2.45) is 5.92 Å². The maximum atomic E-state index is 13.1. The lowest BCUT2D eigenvalue weighted by molar-refractivity contribution is -0.145. The molecule has 3 nitrogen and oxygen atoms in total. The molecule has 1 aliphatic rings. The lowest BCUT2D eigenvalue weighted by Gasteiger charge is -2.44. The predicted octanol–water partition coefficient (Wildman–Crippen LogP) is 7.29. The zero-order chi connectivity index (χ0) is 22.6. The van der Waals surface area contributed by atoms with Gasteiger partial charge in [-0.15, -0.1) is 6.58 Å². The highest BCUT2D eigenvalue weighted by Crippen LogP contribution is 2.38. The Balaban J connectivity index is 0.000000412. The Hall–Kier alpha value is -2.10. The highest BCUT2D eigenvalue weighted by atomic mass is 35.5. The van der Waals surface area contributed by atoms with Gasteiger partial charge in [-0.3, -0.25) is 4.79 Å². The minimum atomic E-state index is 0.0105. The van der Waals surface area contributed by atoms with Crippen molar-refractivity contribution in [1.82, 2.24) is 4.90 Å². The molecule has 0 aliphatic carbocycles. The Morgan fingerprint density at radius 1 is 1.06 bits per heavy atom. The van der Waals surface area contributed by atoms with Crippen LogP contribution in [-0.4, -0.2) is 23.1 Å². The topological polar surface area (TPSA) is 37.4 Å². The second kappa shape index (κ2) is 13.3. The van der Waals surface area contributed by atoms with Crippen LogP contribution in [0.1, 0.15) is 57.1 Å². The molecule has 1 fully saturated rings. The minimum absolute atomic E-state index is 0.0105. The molecule has 0 spiro atoms. The van der Waals surface area contributed by atoms with Crippen molar-refractivity contribution < 1.29 is 9.59 Å². The summed E-state index contributed by atoms with van der Waals surface area (Å²) in [7, 11) is 0. The van der Waals surface area contributed by atoms with Gasteiger partial charge in [-0.1, -0.05) is 66.5 Å². The van der Waals surface area contributed by atoms with E-state index < -0.39 is 0 Å². The Morgan fingerprint density at radius 2 is 1.71 bits per heavy atom. The van der Waals surface area contributed by atoms with Crippen molar-refractivity contribution in [2.45, 2.75) is 57.5 Å². The third-order valence-corrected chi connectivity index (χ3v) is 6.15. The van der Waals surface area contributed by atoms with Gasteiger partial charge < -0.3 is 9.69 Å². The van der Waals surface area contributed by atoms with E-state index in [-0.39, 0.29) is 23.9 Å². The van der Waals surface area contributed by atoms with Crippen LogP contribution in [0.4, 0.5) is 0 Å². The summed E-state index contributed by atoms with van der Waals surface area (Å²) in [4.78, 5) is 25.9. The molecule has 0 bridgehead atoms. The summed E-state index contributed by atoms with van der Waals surface area (Å²) in [6.45, 7) is 5.87. The number of carbonyl (C=O) groups is 2. The number of amides is 1. The van der Waals surface area contributed by atoms with Gasteiger partial charge in [0.15, 0.2) is 0 Å². The number of carbonyl (C=O) groups excluding carboxylic acids is 2. The molecular formula is C26H31Cl2NO2. The average molecular weight is 460 g/mol. The van der Waals surface area contributed by atoms with Crippen molar-refractivity contribution in [3.63, 3.8) is 0 Å². The lowest BCUT2D eigenvalue weighted by Crippen LogP contribution is -2.48. The van der Waals surface area contributed by atoms with Crippen LogP contribution >= 0.6 is 23.2 Å². The number of benzene rings is 2. The zero-order valence-electron chi connectivity index (χ0n) is 18.1. The number of halogens is 2. The molecular weight excluding hydrogens is 429 g/mol. The van der Waals surface area contributed by atoms with E-state index in [1.54, 1.807) is 0 Å². The summed E-state index contributed by atoms with van der Waals surface area (Å²) in [5.74, 6) is 0.204. The van der Waals surface area contributed by atoms with Crippen LogP contribution in [0.3, 0.4) is 0 Å². The van der Waals surface area contributed by atoms with Crippen molar-refractivity contribution >= 4 is 35.4 Å². The van der Waals surface area contributed by atoms with Crippen molar-refractivity contribution in [3.05, 3.63) is 82.9 Å². The summed E-state index contributed by atoms with van der Waals surface area (Å²) >= 11 is 11.5. The molecule has 1 saturated heterocycles. The number of nitrogens with zero attached hydrogens (tertiary/aromatic N) is 1. The molecule has 0 N–H and O–H groups in total. The standard InChI is InChI=1S/C20H26ClNO2.C6H5Cl/c1-3-6-16-10-13-19(15-8-11-17(21)12-9-15)22(20(16)24)18(4-2)7-5-14-23;7-6-4-2-1-3-5-6/h3,8-9,11-12,14,16,18-19H,1,4-7,10,13H2,2H3;1-5H. The Morgan fingerprint density at radius 3 is 2.23 bits per heavy atom. The van der Waals surface area contributed by atoms with Crippen molar-refractivity contribution in [1.29, 1.82) is 0 Å². The van der Waals surface area contributed by atoms with E-state index in [4.69, 9.17) is 23.2 Å². The Labute approximate surface area is 196 Å². The number of hydrogen-bond acceptors (Lipinski definition) is 2. The van der Waals surface area contributed by atoms with Crippen LogP contribution in [0.15, 0.2) is 67.3 Å². The fourth-order valence-electron chi connectivity index (χ4n) is 4.07. The molecule has 1 amide bonds. The van der Waals surface area contributed by atoms with Gasteiger partial charge >= 0.3 is 0 Å². The monoisotopic (exact) mass is 459 g/mol. The van der Waals surface area contributed by atoms with Gasteiger partial charge in [0.1, 0.15) is 6.29 Å². The molecule has 1 heterocycles. The van der Waals surface area contributed by atoms with E-state index in [1.807, 2.05) is 65.6 Å². The summed E-state index contributed by atoms with van der Waals surface area (Å²) in [5, 5.41) is 1.49. The Kier molecular flexibility index (Phi) is 10.8. The van der Waals surface area contributed by atoms with E-state index in [0.29, 0.717) is 17.9 Å². The maximum absolute atomic E-state index is 13.1. The third kappa shape index (κ3) is 7.52. The van der Waals surface area contributed by atoms with Crippen LogP contribution in [0.5, 0.6) is 0 Å². The van der Waals surface area contributed by atoms with Gasteiger partial charge in [0.2, 0.25) is 5.91 Å². The van der Waals surface area contributed by atoms with E-state index in [0.717, 1.165) is 42.6 Å². The van der Waals surface area contributed by atoms with Crippen LogP contribution in [0.2, 0.25) is 10.0 Å². The molecule has 166 valence electrons. The smallest absolute Gasteiger partial charge is 0.226 e. The molecule has 31 heavy (non-hydrogen) atoms. The number of rotatable bonds is 8. The van der Waals surface area contributed by atoms with Crippen molar-refractivity contribution in [2.75, 3.05) is 0 Å². The fraction of sp³-hybridized carbons (Fsp3) is 0.385. The maximum Gasteiger partial charge on any atom is 0.226 e. The summed E-state index contributed by atoms with van der Waals surface area (Å²) in [6.07, 6.45) is 7.35. The predicted molar refractivity (Wildman–Crippen MR) is 129 cm³/mol. The highest BCUT2D eigenvalue weighted by molar-refractivity contribution is 6.30. The van der Waals surface area contributed by atoms with Crippen molar-refractivity contribution in [3.8, 4) is 0 Å². The molecule has 3 unspecified atom stereocenters. The normalized spacial score (nSPS) is 19.2. The van der Waals surface area contributed by atoms with E-state index in [9.17, 15) is 9.59 Å².